The van der Waals surface area contributed by atoms with E-state index >= 15 is 0 Å². The molecule has 0 radical (unpaired) electrons. The Labute approximate surface area is 115 Å². The summed E-state index contributed by atoms with van der Waals surface area (Å²) in [5, 5.41) is 3.81. The molecule has 1 aromatic carbocycles. The Hall–Kier alpha value is -2.84. The molecule has 3 N–H and O–H groups in total. The van der Waals surface area contributed by atoms with Crippen LogP contribution >= 0.6 is 0 Å². The number of anilines is 1. The fraction of sp³-hybridized carbons (Fsp3) is 0.0833. The van der Waals surface area contributed by atoms with Crippen LogP contribution in [0.3, 0.4) is 0 Å². The molecule has 0 bridgehead atoms. The summed E-state index contributed by atoms with van der Waals surface area (Å²) in [7, 11) is 0. The molecular weight excluding hydrogens is 287 g/mol. The molecule has 3 rings (SSSR count). The fourth-order valence-corrected chi connectivity index (χ4v) is 1.84. The minimum absolute atomic E-state index is 0.104. The van der Waals surface area contributed by atoms with Gasteiger partial charge in [0.2, 0.25) is 5.95 Å². The first-order valence-electron chi connectivity index (χ1n) is 5.76. The zero-order chi connectivity index (χ0) is 15.2. The van der Waals surface area contributed by atoms with Crippen molar-refractivity contribution >= 4 is 16.6 Å². The van der Waals surface area contributed by atoms with E-state index in [2.05, 4.69) is 15.1 Å². The van der Waals surface area contributed by atoms with Crippen LogP contribution in [0.1, 0.15) is 5.56 Å². The van der Waals surface area contributed by atoms with Crippen LogP contribution in [0.2, 0.25) is 0 Å². The van der Waals surface area contributed by atoms with E-state index in [-0.39, 0.29) is 11.3 Å². The summed E-state index contributed by atoms with van der Waals surface area (Å²) in [5.74, 6) is -0.104. The van der Waals surface area contributed by atoms with Gasteiger partial charge in [-0.05, 0) is 18.2 Å². The molecule has 0 saturated heterocycles. The number of alkyl halides is 3. The minimum atomic E-state index is -4.51. The molecule has 2 heterocycles. The molecule has 0 fully saturated rings. The Balaban J connectivity index is 2.15. The van der Waals surface area contributed by atoms with E-state index in [0.717, 1.165) is 10.9 Å². The highest BCUT2D eigenvalue weighted by Crippen LogP contribution is 2.28. The van der Waals surface area contributed by atoms with Crippen molar-refractivity contribution in [3.8, 4) is 5.95 Å². The van der Waals surface area contributed by atoms with Crippen LogP contribution in [0.25, 0.3) is 16.9 Å². The number of hydrogen-bond acceptors (Lipinski definition) is 4. The second-order valence-electron chi connectivity index (χ2n) is 4.34. The van der Waals surface area contributed by atoms with Crippen molar-refractivity contribution in [3.63, 3.8) is 0 Å². The lowest BCUT2D eigenvalue weighted by atomic mass is 10.2. The maximum atomic E-state index is 12.5. The van der Waals surface area contributed by atoms with Gasteiger partial charge in [0.15, 0.2) is 0 Å². The molecule has 3 aromatic rings. The molecule has 0 saturated carbocycles. The van der Waals surface area contributed by atoms with Crippen molar-refractivity contribution in [1.29, 1.82) is 0 Å². The number of benzene rings is 1. The van der Waals surface area contributed by atoms with Gasteiger partial charge >= 0.3 is 6.18 Å². The highest BCUT2D eigenvalue weighted by atomic mass is 19.4. The summed E-state index contributed by atoms with van der Waals surface area (Å²) in [6.45, 7) is 0. The number of halogens is 3. The van der Waals surface area contributed by atoms with Gasteiger partial charge in [0.1, 0.15) is 0 Å². The molecule has 0 unspecified atom stereocenters. The van der Waals surface area contributed by atoms with E-state index < -0.39 is 17.3 Å². The first-order valence-corrected chi connectivity index (χ1v) is 5.76. The van der Waals surface area contributed by atoms with Gasteiger partial charge in [-0.2, -0.15) is 18.3 Å². The summed E-state index contributed by atoms with van der Waals surface area (Å²) in [6.07, 6.45) is -3.10. The minimum Gasteiger partial charge on any atom is -0.399 e. The molecule has 0 aliphatic heterocycles. The van der Waals surface area contributed by atoms with Gasteiger partial charge in [0.25, 0.3) is 5.56 Å². The molecule has 0 aliphatic rings. The number of nitrogens with two attached hydrogens (primary N) is 1. The van der Waals surface area contributed by atoms with Crippen molar-refractivity contribution < 1.29 is 13.2 Å². The first-order chi connectivity index (χ1) is 9.84. The van der Waals surface area contributed by atoms with Gasteiger partial charge in [-0.1, -0.05) is 0 Å². The number of nitrogen functional groups attached to an aromatic ring is 1. The number of fused-ring (bicyclic) bond motifs is 1. The van der Waals surface area contributed by atoms with Crippen LogP contribution in [-0.2, 0) is 6.18 Å². The topological polar surface area (TPSA) is 89.6 Å². The zero-order valence-electron chi connectivity index (χ0n) is 10.3. The molecular formula is C12H8F3N5O. The predicted molar refractivity (Wildman–Crippen MR) is 68.9 cm³/mol. The molecule has 0 amide bonds. The third-order valence-electron chi connectivity index (χ3n) is 2.84. The average molecular weight is 295 g/mol. The fourth-order valence-electron chi connectivity index (χ4n) is 1.84. The van der Waals surface area contributed by atoms with Crippen molar-refractivity contribution in [2.24, 2.45) is 0 Å². The van der Waals surface area contributed by atoms with E-state index in [1.807, 2.05) is 0 Å². The Kier molecular flexibility index (Phi) is 2.71. The van der Waals surface area contributed by atoms with E-state index in [1.165, 1.54) is 12.1 Å². The first kappa shape index (κ1) is 13.2. The van der Waals surface area contributed by atoms with Crippen molar-refractivity contribution in [1.82, 2.24) is 19.7 Å². The lowest BCUT2D eigenvalue weighted by Crippen LogP contribution is -2.14. The summed E-state index contributed by atoms with van der Waals surface area (Å²) in [6, 6.07) is 4.50. The van der Waals surface area contributed by atoms with Crippen LogP contribution in [0.15, 0.2) is 35.4 Å². The molecule has 21 heavy (non-hydrogen) atoms. The highest BCUT2D eigenvalue weighted by Gasteiger charge is 2.32. The standard InChI is InChI=1S/C12H8F3N5O/c13-12(14,15)6-4-17-20(5-6)11-18-9-2-1-7(16)3-8(9)10(21)19-11/h1-5H,16H2,(H,18,19,21). The SMILES string of the molecule is Nc1ccc2nc(-n3cc(C(F)(F)F)cn3)[nH]c(=O)c2c1. The number of H-pyrrole nitrogens is 1. The molecule has 9 heteroatoms. The summed E-state index contributed by atoms with van der Waals surface area (Å²) in [5.41, 5.74) is 4.84. The van der Waals surface area contributed by atoms with Gasteiger partial charge in [0.05, 0.1) is 22.7 Å². The number of aromatic nitrogens is 4. The smallest absolute Gasteiger partial charge is 0.399 e. The zero-order valence-corrected chi connectivity index (χ0v) is 10.3. The maximum absolute atomic E-state index is 12.5. The number of aromatic amines is 1. The van der Waals surface area contributed by atoms with Crippen LogP contribution in [0.4, 0.5) is 18.9 Å². The van der Waals surface area contributed by atoms with Gasteiger partial charge in [-0.15, -0.1) is 0 Å². The number of nitrogens with one attached hydrogen (secondary N) is 1. The van der Waals surface area contributed by atoms with Crippen LogP contribution in [0, 0.1) is 0 Å². The largest absolute Gasteiger partial charge is 0.419 e. The maximum Gasteiger partial charge on any atom is 0.419 e. The summed E-state index contributed by atoms with van der Waals surface area (Å²) >= 11 is 0. The van der Waals surface area contributed by atoms with E-state index in [0.29, 0.717) is 17.4 Å². The van der Waals surface area contributed by atoms with E-state index in [9.17, 15) is 18.0 Å². The normalized spacial score (nSPS) is 12.0. The predicted octanol–water partition coefficient (Wildman–Crippen LogP) is 1.71. The Morgan fingerprint density at radius 2 is 2.05 bits per heavy atom. The van der Waals surface area contributed by atoms with Gasteiger partial charge in [0, 0.05) is 11.9 Å². The third-order valence-corrected chi connectivity index (χ3v) is 2.84. The van der Waals surface area contributed by atoms with E-state index in [4.69, 9.17) is 5.73 Å². The summed E-state index contributed by atoms with van der Waals surface area (Å²) in [4.78, 5) is 18.3. The number of rotatable bonds is 1. The second kappa shape index (κ2) is 4.33. The van der Waals surface area contributed by atoms with E-state index in [1.54, 1.807) is 6.07 Å². The van der Waals surface area contributed by atoms with Crippen LogP contribution < -0.4 is 11.3 Å². The Morgan fingerprint density at radius 1 is 1.29 bits per heavy atom. The van der Waals surface area contributed by atoms with Crippen molar-refractivity contribution in [3.05, 3.63) is 46.5 Å². The monoisotopic (exact) mass is 295 g/mol. The van der Waals surface area contributed by atoms with Gasteiger partial charge < -0.3 is 5.73 Å². The lowest BCUT2D eigenvalue weighted by molar-refractivity contribution is -0.137. The van der Waals surface area contributed by atoms with Crippen molar-refractivity contribution in [2.45, 2.75) is 6.18 Å². The van der Waals surface area contributed by atoms with Crippen LogP contribution in [-0.4, -0.2) is 19.7 Å². The third kappa shape index (κ3) is 2.33. The van der Waals surface area contributed by atoms with Gasteiger partial charge in [-0.3, -0.25) is 9.78 Å². The molecule has 0 aliphatic carbocycles. The second-order valence-corrected chi connectivity index (χ2v) is 4.34. The molecule has 0 spiro atoms. The number of hydrogen-bond donors (Lipinski definition) is 2. The molecule has 0 atom stereocenters. The molecule has 2 aromatic heterocycles. The highest BCUT2D eigenvalue weighted by molar-refractivity contribution is 5.81. The quantitative estimate of drug-likeness (QED) is 0.669. The Bertz CT molecular complexity index is 880. The Morgan fingerprint density at radius 3 is 2.71 bits per heavy atom. The van der Waals surface area contributed by atoms with Crippen LogP contribution in [0.5, 0.6) is 0 Å². The summed E-state index contributed by atoms with van der Waals surface area (Å²) < 4.78 is 38.5. The average Bonchev–Trinajstić information content (AvgIpc) is 2.89. The number of nitrogens with zero attached hydrogens (tertiary/aromatic N) is 3. The lowest BCUT2D eigenvalue weighted by Gasteiger charge is -2.04. The van der Waals surface area contributed by atoms with Crippen molar-refractivity contribution in [2.75, 3.05) is 5.73 Å². The van der Waals surface area contributed by atoms with Gasteiger partial charge in [-0.25, -0.2) is 9.67 Å². The molecule has 108 valence electrons. The molecule has 6 nitrogen and oxygen atoms in total.